The molecule has 1 atom stereocenters. The van der Waals surface area contributed by atoms with Crippen LogP contribution in [0, 0.1) is 0 Å². The molecule has 1 fully saturated rings. The van der Waals surface area contributed by atoms with Crippen molar-refractivity contribution < 1.29 is 9.90 Å². The quantitative estimate of drug-likeness (QED) is 0.526. The molecule has 0 aromatic rings. The fourth-order valence-corrected chi connectivity index (χ4v) is 1.26. The van der Waals surface area contributed by atoms with Crippen LogP contribution in [-0.2, 0) is 0 Å². The molecule has 0 spiro atoms. The molecule has 1 saturated heterocycles. The number of nitrogens with one attached hydrogen (secondary N) is 1. The molecule has 2 N–H and O–H groups in total. The molecule has 50 valence electrons. The van der Waals surface area contributed by atoms with Gasteiger partial charge in [0.25, 0.3) is 5.24 Å². The molecule has 0 saturated carbocycles. The number of rotatable bonds is 0. The predicted molar refractivity (Wildman–Crippen MR) is 35.9 cm³/mol. The van der Waals surface area contributed by atoms with Crippen molar-refractivity contribution in [1.29, 1.82) is 0 Å². The van der Waals surface area contributed by atoms with Gasteiger partial charge in [-0.2, -0.15) is 0 Å². The fourth-order valence-electron chi connectivity index (χ4n) is 0.592. The number of carbonyl (C=O) groups excluding carboxylic acids is 1. The van der Waals surface area contributed by atoms with E-state index in [2.05, 4.69) is 5.32 Å². The van der Waals surface area contributed by atoms with Crippen LogP contribution in [0.1, 0.15) is 6.92 Å². The number of thioether (sulfide) groups is 1. The Labute approximate surface area is 57.1 Å². The number of carbonyl (C=O) groups is 1. The lowest BCUT2D eigenvalue weighted by Crippen LogP contribution is -2.23. The molecule has 1 amide bonds. The first kappa shape index (κ1) is 6.64. The van der Waals surface area contributed by atoms with E-state index in [4.69, 9.17) is 5.11 Å². The highest BCUT2D eigenvalue weighted by Crippen LogP contribution is 2.25. The van der Waals surface area contributed by atoms with E-state index in [0.29, 0.717) is 4.91 Å². The molecule has 1 heterocycles. The molecule has 1 rings (SSSR count). The second kappa shape index (κ2) is 2.41. The van der Waals surface area contributed by atoms with Gasteiger partial charge >= 0.3 is 0 Å². The van der Waals surface area contributed by atoms with Crippen LogP contribution in [0.5, 0.6) is 0 Å². The molecule has 3 nitrogen and oxygen atoms in total. The lowest BCUT2D eigenvalue weighted by molar-refractivity contribution is 0.191. The summed E-state index contributed by atoms with van der Waals surface area (Å²) < 4.78 is 0. The molecular formula is C5H7NO2S. The lowest BCUT2D eigenvalue weighted by Gasteiger charge is -1.98. The molecule has 0 aliphatic carbocycles. The number of amides is 1. The van der Waals surface area contributed by atoms with E-state index in [-0.39, 0.29) is 5.24 Å². The normalized spacial score (nSPS) is 31.1. The van der Waals surface area contributed by atoms with Gasteiger partial charge in [0.1, 0.15) is 0 Å². The molecule has 0 aromatic carbocycles. The average molecular weight is 145 g/mol. The second-order valence-electron chi connectivity index (χ2n) is 1.63. The van der Waals surface area contributed by atoms with E-state index >= 15 is 0 Å². The zero-order chi connectivity index (χ0) is 6.85. The molecule has 1 unspecified atom stereocenters. The molecule has 0 radical (unpaired) electrons. The van der Waals surface area contributed by atoms with E-state index in [0.717, 1.165) is 11.8 Å². The van der Waals surface area contributed by atoms with E-state index in [9.17, 15) is 4.79 Å². The van der Waals surface area contributed by atoms with Gasteiger partial charge in [0.15, 0.2) is 6.23 Å². The van der Waals surface area contributed by atoms with Crippen LogP contribution in [0.3, 0.4) is 0 Å². The third kappa shape index (κ3) is 1.25. The van der Waals surface area contributed by atoms with Gasteiger partial charge in [-0.1, -0.05) is 6.08 Å². The third-order valence-electron chi connectivity index (χ3n) is 1.02. The minimum absolute atomic E-state index is 0.185. The highest BCUT2D eigenvalue weighted by atomic mass is 32.2. The molecule has 0 aromatic heterocycles. The van der Waals surface area contributed by atoms with Crippen molar-refractivity contribution in [2.24, 2.45) is 0 Å². The third-order valence-corrected chi connectivity index (χ3v) is 2.02. The number of aliphatic hydroxyl groups excluding tert-OH is 1. The maximum absolute atomic E-state index is 10.5. The van der Waals surface area contributed by atoms with Crippen LogP contribution in [0.15, 0.2) is 11.0 Å². The topological polar surface area (TPSA) is 49.3 Å². The smallest absolute Gasteiger partial charge is 0.285 e. The van der Waals surface area contributed by atoms with Gasteiger partial charge in [-0.25, -0.2) is 0 Å². The summed E-state index contributed by atoms with van der Waals surface area (Å²) in [4.78, 5) is 11.2. The van der Waals surface area contributed by atoms with Gasteiger partial charge in [0, 0.05) is 4.91 Å². The summed E-state index contributed by atoms with van der Waals surface area (Å²) >= 11 is 1.03. The highest BCUT2D eigenvalue weighted by Gasteiger charge is 2.23. The van der Waals surface area contributed by atoms with Crippen LogP contribution >= 0.6 is 11.8 Å². The summed E-state index contributed by atoms with van der Waals surface area (Å²) in [6, 6.07) is 0. The standard InChI is InChI=1S/C5H7NO2S/c1-2-3-4(7)6-5(8)9-3/h2,4,7H,1H3,(H,6,8)/b3-2-. The fraction of sp³-hybridized carbons (Fsp3) is 0.400. The Balaban J connectivity index is 2.69. The summed E-state index contributed by atoms with van der Waals surface area (Å²) in [5.41, 5.74) is 0. The van der Waals surface area contributed by atoms with Gasteiger partial charge < -0.3 is 10.4 Å². The largest absolute Gasteiger partial charge is 0.369 e. The van der Waals surface area contributed by atoms with Gasteiger partial charge in [-0.15, -0.1) is 0 Å². The zero-order valence-corrected chi connectivity index (χ0v) is 5.73. The minimum atomic E-state index is -0.771. The number of aliphatic hydroxyl groups is 1. The Bertz CT molecular complexity index is 166. The molecular weight excluding hydrogens is 138 g/mol. The van der Waals surface area contributed by atoms with Gasteiger partial charge in [0.05, 0.1) is 0 Å². The van der Waals surface area contributed by atoms with E-state index in [1.165, 1.54) is 0 Å². The van der Waals surface area contributed by atoms with E-state index in [1.54, 1.807) is 13.0 Å². The maximum atomic E-state index is 10.5. The van der Waals surface area contributed by atoms with Crippen LogP contribution in [0.25, 0.3) is 0 Å². The maximum Gasteiger partial charge on any atom is 0.285 e. The molecule has 1 aliphatic rings. The van der Waals surface area contributed by atoms with Crippen molar-refractivity contribution in [2.75, 3.05) is 0 Å². The molecule has 4 heteroatoms. The summed E-state index contributed by atoms with van der Waals surface area (Å²) in [6.45, 7) is 1.78. The number of allylic oxidation sites excluding steroid dienone is 1. The Morgan fingerprint density at radius 3 is 2.78 bits per heavy atom. The number of hydrogen-bond acceptors (Lipinski definition) is 3. The van der Waals surface area contributed by atoms with Crippen molar-refractivity contribution >= 4 is 17.0 Å². The lowest BCUT2D eigenvalue weighted by atomic mass is 10.5. The van der Waals surface area contributed by atoms with Crippen molar-refractivity contribution in [3.05, 3.63) is 11.0 Å². The van der Waals surface area contributed by atoms with Gasteiger partial charge in [0.2, 0.25) is 0 Å². The monoisotopic (exact) mass is 145 g/mol. The van der Waals surface area contributed by atoms with Crippen molar-refractivity contribution in [3.8, 4) is 0 Å². The predicted octanol–water partition coefficient (Wildman–Crippen LogP) is 0.665. The summed E-state index contributed by atoms with van der Waals surface area (Å²) in [5, 5.41) is 11.1. The summed E-state index contributed by atoms with van der Waals surface area (Å²) in [6.07, 6.45) is 0.945. The molecule has 0 bridgehead atoms. The van der Waals surface area contributed by atoms with Crippen molar-refractivity contribution in [2.45, 2.75) is 13.2 Å². The first-order valence-corrected chi connectivity index (χ1v) is 3.38. The Hall–Kier alpha value is -0.480. The average Bonchev–Trinajstić information content (AvgIpc) is 2.10. The van der Waals surface area contributed by atoms with Gasteiger partial charge in [-0.3, -0.25) is 4.79 Å². The van der Waals surface area contributed by atoms with Gasteiger partial charge in [-0.05, 0) is 18.7 Å². The minimum Gasteiger partial charge on any atom is -0.369 e. The van der Waals surface area contributed by atoms with Crippen LogP contribution in [0.4, 0.5) is 4.79 Å². The first-order chi connectivity index (χ1) is 4.24. The summed E-state index contributed by atoms with van der Waals surface area (Å²) in [7, 11) is 0. The first-order valence-electron chi connectivity index (χ1n) is 2.56. The second-order valence-corrected chi connectivity index (χ2v) is 2.67. The van der Waals surface area contributed by atoms with Crippen molar-refractivity contribution in [3.63, 3.8) is 0 Å². The Morgan fingerprint density at radius 2 is 2.56 bits per heavy atom. The highest BCUT2D eigenvalue weighted by molar-refractivity contribution is 8.17. The van der Waals surface area contributed by atoms with E-state index < -0.39 is 6.23 Å². The van der Waals surface area contributed by atoms with Crippen LogP contribution < -0.4 is 5.32 Å². The Kier molecular flexibility index (Phi) is 1.78. The molecule has 1 aliphatic heterocycles. The number of hydrogen-bond donors (Lipinski definition) is 2. The zero-order valence-electron chi connectivity index (χ0n) is 4.92. The van der Waals surface area contributed by atoms with Crippen LogP contribution in [-0.4, -0.2) is 16.6 Å². The summed E-state index contributed by atoms with van der Waals surface area (Å²) in [5.74, 6) is 0. The SMILES string of the molecule is C/C=C1\SC(=O)NC1O. The van der Waals surface area contributed by atoms with Crippen LogP contribution in [0.2, 0.25) is 0 Å². The van der Waals surface area contributed by atoms with E-state index in [1.807, 2.05) is 0 Å². The van der Waals surface area contributed by atoms with Crippen molar-refractivity contribution in [1.82, 2.24) is 5.32 Å². The Morgan fingerprint density at radius 1 is 1.89 bits per heavy atom. The molecule has 9 heavy (non-hydrogen) atoms.